The molecule has 0 saturated carbocycles. The van der Waals surface area contributed by atoms with E-state index in [1.165, 1.54) is 12.1 Å². The lowest BCUT2D eigenvalue weighted by Gasteiger charge is -2.27. The minimum Gasteiger partial charge on any atom is -0.497 e. The van der Waals surface area contributed by atoms with Crippen LogP contribution in [0.25, 0.3) is 16.8 Å². The Kier molecular flexibility index (Phi) is 5.91. The van der Waals surface area contributed by atoms with Crippen molar-refractivity contribution in [3.8, 4) is 16.9 Å². The summed E-state index contributed by atoms with van der Waals surface area (Å²) >= 11 is 6.58. The molecule has 0 amide bonds. The lowest BCUT2D eigenvalue weighted by molar-refractivity contribution is 0.133. The van der Waals surface area contributed by atoms with E-state index in [4.69, 9.17) is 31.2 Å². The van der Waals surface area contributed by atoms with Crippen LogP contribution in [0.3, 0.4) is 0 Å². The fourth-order valence-corrected chi connectivity index (χ4v) is 4.54. The topological polar surface area (TPSA) is 51.9 Å². The largest absolute Gasteiger partial charge is 0.497 e. The molecule has 2 aromatic heterocycles. The number of ether oxygens (including phenoxy) is 2. The highest BCUT2D eigenvalue weighted by molar-refractivity contribution is 6.33. The molecule has 1 aliphatic heterocycles. The van der Waals surface area contributed by atoms with E-state index in [0.29, 0.717) is 30.5 Å². The summed E-state index contributed by atoms with van der Waals surface area (Å²) in [5.74, 6) is 1.40. The summed E-state index contributed by atoms with van der Waals surface area (Å²) in [7, 11) is 1.61. The lowest BCUT2D eigenvalue weighted by Crippen LogP contribution is -2.27. The van der Waals surface area contributed by atoms with Crippen molar-refractivity contribution in [3.63, 3.8) is 0 Å². The van der Waals surface area contributed by atoms with Crippen molar-refractivity contribution >= 4 is 23.1 Å². The SMILES string of the molecule is CCCN(Cc1ccc(F)cc1)c1c2c(nc3c(-c4ccc(OC)cc4Cl)cnn13)COC2. The molecule has 5 rings (SSSR count). The summed E-state index contributed by atoms with van der Waals surface area (Å²) in [5.41, 5.74) is 5.37. The molecule has 0 atom stereocenters. The van der Waals surface area contributed by atoms with E-state index in [1.54, 1.807) is 19.4 Å². The average Bonchev–Trinajstić information content (AvgIpc) is 3.45. The fraction of sp³-hybridized carbons (Fsp3) is 0.280. The predicted octanol–water partition coefficient (Wildman–Crippen LogP) is 5.64. The predicted molar refractivity (Wildman–Crippen MR) is 126 cm³/mol. The van der Waals surface area contributed by atoms with Crippen LogP contribution in [0.5, 0.6) is 5.75 Å². The maximum absolute atomic E-state index is 13.5. The van der Waals surface area contributed by atoms with Crippen molar-refractivity contribution in [2.75, 3.05) is 18.6 Å². The molecule has 3 heterocycles. The normalized spacial score (nSPS) is 12.8. The lowest BCUT2D eigenvalue weighted by atomic mass is 10.1. The van der Waals surface area contributed by atoms with Crippen LogP contribution in [0, 0.1) is 5.82 Å². The van der Waals surface area contributed by atoms with Crippen LogP contribution < -0.4 is 9.64 Å². The zero-order chi connectivity index (χ0) is 22.9. The van der Waals surface area contributed by atoms with Gasteiger partial charge in [-0.2, -0.15) is 9.61 Å². The Morgan fingerprint density at radius 2 is 1.97 bits per heavy atom. The molecule has 0 radical (unpaired) electrons. The molecule has 0 unspecified atom stereocenters. The third-order valence-corrected chi connectivity index (χ3v) is 6.15. The number of rotatable bonds is 7. The Morgan fingerprint density at radius 1 is 1.15 bits per heavy atom. The van der Waals surface area contributed by atoms with Gasteiger partial charge in [-0.05, 0) is 42.3 Å². The van der Waals surface area contributed by atoms with Gasteiger partial charge in [0.15, 0.2) is 5.65 Å². The smallest absolute Gasteiger partial charge is 0.165 e. The highest BCUT2D eigenvalue weighted by Crippen LogP contribution is 2.37. The molecule has 2 aromatic carbocycles. The van der Waals surface area contributed by atoms with Crippen LogP contribution in [-0.2, 0) is 24.5 Å². The molecule has 0 spiro atoms. The Balaban J connectivity index is 1.66. The van der Waals surface area contributed by atoms with Crippen molar-refractivity contribution in [3.05, 3.63) is 76.3 Å². The van der Waals surface area contributed by atoms with E-state index in [0.717, 1.165) is 52.4 Å². The summed E-state index contributed by atoms with van der Waals surface area (Å²) in [6.07, 6.45) is 2.75. The Bertz CT molecular complexity index is 1310. The summed E-state index contributed by atoms with van der Waals surface area (Å²) < 4.78 is 26.4. The van der Waals surface area contributed by atoms with Crippen LogP contribution in [0.15, 0.2) is 48.7 Å². The van der Waals surface area contributed by atoms with Gasteiger partial charge in [0.2, 0.25) is 0 Å². The van der Waals surface area contributed by atoms with Gasteiger partial charge in [0.05, 0.1) is 37.2 Å². The van der Waals surface area contributed by atoms with E-state index < -0.39 is 0 Å². The molecule has 0 aliphatic carbocycles. The number of nitrogens with zero attached hydrogens (tertiary/aromatic N) is 4. The molecule has 0 saturated heterocycles. The van der Waals surface area contributed by atoms with Gasteiger partial charge >= 0.3 is 0 Å². The molecule has 0 bridgehead atoms. The third-order valence-electron chi connectivity index (χ3n) is 5.83. The maximum Gasteiger partial charge on any atom is 0.165 e. The Labute approximate surface area is 196 Å². The van der Waals surface area contributed by atoms with Crippen molar-refractivity contribution in [2.45, 2.75) is 33.1 Å². The summed E-state index contributed by atoms with van der Waals surface area (Å²) in [6.45, 7) is 4.50. The van der Waals surface area contributed by atoms with E-state index in [9.17, 15) is 4.39 Å². The van der Waals surface area contributed by atoms with Crippen LogP contribution in [0.2, 0.25) is 5.02 Å². The first-order valence-corrected chi connectivity index (χ1v) is 11.3. The standard InChI is InChI=1S/C25H24ClFN4O2/c1-3-10-30(13-16-4-6-17(27)7-5-16)25-21-14-33-15-23(21)29-24-20(12-28-31(24)25)19-9-8-18(32-2)11-22(19)26/h4-9,11-12H,3,10,13-15H2,1-2H3. The number of hydrogen-bond acceptors (Lipinski definition) is 5. The van der Waals surface area contributed by atoms with Crippen LogP contribution >= 0.6 is 11.6 Å². The summed E-state index contributed by atoms with van der Waals surface area (Å²) in [5, 5.41) is 5.29. The maximum atomic E-state index is 13.5. The van der Waals surface area contributed by atoms with Gasteiger partial charge in [-0.1, -0.05) is 30.7 Å². The van der Waals surface area contributed by atoms with Gasteiger partial charge in [-0.25, -0.2) is 9.37 Å². The molecule has 0 N–H and O–H groups in total. The van der Waals surface area contributed by atoms with Crippen molar-refractivity contribution < 1.29 is 13.9 Å². The monoisotopic (exact) mass is 466 g/mol. The first-order valence-electron chi connectivity index (χ1n) is 10.9. The van der Waals surface area contributed by atoms with Gasteiger partial charge < -0.3 is 14.4 Å². The third kappa shape index (κ3) is 4.03. The average molecular weight is 467 g/mol. The highest BCUT2D eigenvalue weighted by atomic mass is 35.5. The van der Waals surface area contributed by atoms with Gasteiger partial charge in [0.1, 0.15) is 17.4 Å². The molecule has 170 valence electrons. The summed E-state index contributed by atoms with van der Waals surface area (Å²) in [4.78, 5) is 7.17. The Hall–Kier alpha value is -3.16. The van der Waals surface area contributed by atoms with Crippen LogP contribution in [0.4, 0.5) is 10.2 Å². The molecule has 8 heteroatoms. The zero-order valence-corrected chi connectivity index (χ0v) is 19.3. The fourth-order valence-electron chi connectivity index (χ4n) is 4.27. The van der Waals surface area contributed by atoms with Crippen LogP contribution in [0.1, 0.15) is 30.2 Å². The van der Waals surface area contributed by atoms with E-state index >= 15 is 0 Å². The van der Waals surface area contributed by atoms with Gasteiger partial charge in [-0.3, -0.25) is 0 Å². The first kappa shape index (κ1) is 21.7. The summed E-state index contributed by atoms with van der Waals surface area (Å²) in [6, 6.07) is 12.2. The molecular weight excluding hydrogens is 443 g/mol. The highest BCUT2D eigenvalue weighted by Gasteiger charge is 2.27. The first-order chi connectivity index (χ1) is 16.1. The van der Waals surface area contributed by atoms with Gasteiger partial charge in [0, 0.05) is 29.8 Å². The zero-order valence-electron chi connectivity index (χ0n) is 18.5. The number of hydrogen-bond donors (Lipinski definition) is 0. The second-order valence-electron chi connectivity index (χ2n) is 8.04. The second kappa shape index (κ2) is 9.00. The molecule has 1 aliphatic rings. The minimum absolute atomic E-state index is 0.241. The minimum atomic E-state index is -0.241. The molecule has 33 heavy (non-hydrogen) atoms. The van der Waals surface area contributed by atoms with Crippen LogP contribution in [-0.4, -0.2) is 28.3 Å². The van der Waals surface area contributed by atoms with Crippen molar-refractivity contribution in [1.29, 1.82) is 0 Å². The number of benzene rings is 2. The van der Waals surface area contributed by atoms with Gasteiger partial charge in [-0.15, -0.1) is 0 Å². The van der Waals surface area contributed by atoms with Crippen molar-refractivity contribution in [2.24, 2.45) is 0 Å². The number of fused-ring (bicyclic) bond motifs is 2. The van der Waals surface area contributed by atoms with Crippen molar-refractivity contribution in [1.82, 2.24) is 14.6 Å². The molecular formula is C25H24ClFN4O2. The number of halogens is 2. The number of aromatic nitrogens is 3. The number of anilines is 1. The quantitative estimate of drug-likeness (QED) is 0.352. The van der Waals surface area contributed by atoms with Gasteiger partial charge in [0.25, 0.3) is 0 Å². The van der Waals surface area contributed by atoms with E-state index in [2.05, 4.69) is 11.8 Å². The molecule has 4 aromatic rings. The van der Waals surface area contributed by atoms with E-state index in [-0.39, 0.29) is 5.82 Å². The number of methoxy groups -OCH3 is 1. The van der Waals surface area contributed by atoms with E-state index in [1.807, 2.05) is 28.8 Å². The Morgan fingerprint density at radius 3 is 2.70 bits per heavy atom. The molecule has 6 nitrogen and oxygen atoms in total. The molecule has 0 fully saturated rings. The second-order valence-corrected chi connectivity index (χ2v) is 8.45.